The highest BCUT2D eigenvalue weighted by Crippen LogP contribution is 2.18. The van der Waals surface area contributed by atoms with Crippen molar-refractivity contribution in [3.05, 3.63) is 65.5 Å². The van der Waals surface area contributed by atoms with E-state index in [1.165, 1.54) is 18.2 Å². The summed E-state index contributed by atoms with van der Waals surface area (Å²) in [6.45, 7) is 0.537. The Bertz CT molecular complexity index is 628. The van der Waals surface area contributed by atoms with Crippen LogP contribution in [0.25, 0.3) is 0 Å². The van der Waals surface area contributed by atoms with Crippen LogP contribution in [0, 0.1) is 5.82 Å². The van der Waals surface area contributed by atoms with E-state index < -0.39 is 5.82 Å². The summed E-state index contributed by atoms with van der Waals surface area (Å²) in [6, 6.07) is 13.4. The molecule has 1 amide bonds. The molecule has 2 aromatic carbocycles. The van der Waals surface area contributed by atoms with Crippen LogP contribution in [0.15, 0.2) is 48.5 Å². The van der Waals surface area contributed by atoms with E-state index in [4.69, 9.17) is 4.74 Å². The van der Waals surface area contributed by atoms with E-state index in [2.05, 4.69) is 0 Å². The van der Waals surface area contributed by atoms with Crippen LogP contribution in [0.1, 0.15) is 15.9 Å². The summed E-state index contributed by atoms with van der Waals surface area (Å²) in [6.07, 6.45) is 0.682. The van der Waals surface area contributed by atoms with E-state index in [0.717, 1.165) is 11.3 Å². The molecule has 0 spiro atoms. The van der Waals surface area contributed by atoms with Crippen molar-refractivity contribution in [1.82, 2.24) is 4.90 Å². The van der Waals surface area contributed by atoms with Gasteiger partial charge < -0.3 is 9.64 Å². The fraction of sp³-hybridized carbons (Fsp3) is 0.235. The van der Waals surface area contributed by atoms with Crippen LogP contribution in [-0.4, -0.2) is 31.5 Å². The second-order valence-electron chi connectivity index (χ2n) is 4.80. The van der Waals surface area contributed by atoms with Crippen molar-refractivity contribution in [1.29, 1.82) is 0 Å². The topological polar surface area (TPSA) is 29.5 Å². The predicted molar refractivity (Wildman–Crippen MR) is 80.1 cm³/mol. The molecule has 0 saturated carbocycles. The molecule has 0 aliphatic carbocycles. The summed E-state index contributed by atoms with van der Waals surface area (Å²) in [5, 5.41) is 0. The highest BCUT2D eigenvalue weighted by atomic mass is 19.1. The van der Waals surface area contributed by atoms with Crippen molar-refractivity contribution < 1.29 is 13.9 Å². The van der Waals surface area contributed by atoms with Crippen molar-refractivity contribution in [3.8, 4) is 5.75 Å². The maximum Gasteiger partial charge on any atom is 0.253 e. The molecule has 0 aliphatic heterocycles. The zero-order valence-electron chi connectivity index (χ0n) is 12.2. The Balaban J connectivity index is 2.01. The van der Waals surface area contributed by atoms with Crippen molar-refractivity contribution >= 4 is 5.91 Å². The Morgan fingerprint density at radius 1 is 1.19 bits per heavy atom. The molecule has 0 N–H and O–H groups in total. The van der Waals surface area contributed by atoms with E-state index in [1.54, 1.807) is 25.1 Å². The number of benzene rings is 2. The quantitative estimate of drug-likeness (QED) is 0.845. The maximum atomic E-state index is 13.2. The Morgan fingerprint density at radius 2 is 1.95 bits per heavy atom. The minimum absolute atomic E-state index is 0.190. The molecule has 0 fully saturated rings. The number of hydrogen-bond acceptors (Lipinski definition) is 2. The molecule has 0 bridgehead atoms. The predicted octanol–water partition coefficient (Wildman–Crippen LogP) is 3.15. The van der Waals surface area contributed by atoms with Crippen LogP contribution >= 0.6 is 0 Å². The second-order valence-corrected chi connectivity index (χ2v) is 4.80. The van der Waals surface area contributed by atoms with Gasteiger partial charge in [0.2, 0.25) is 0 Å². The molecule has 0 aliphatic rings. The first-order valence-corrected chi connectivity index (χ1v) is 6.74. The molecule has 2 rings (SSSR count). The summed E-state index contributed by atoms with van der Waals surface area (Å²) in [7, 11) is 3.34. The van der Waals surface area contributed by atoms with Gasteiger partial charge >= 0.3 is 0 Å². The number of hydrogen-bond donors (Lipinski definition) is 0. The normalized spacial score (nSPS) is 10.2. The van der Waals surface area contributed by atoms with Crippen molar-refractivity contribution in [2.75, 3.05) is 20.7 Å². The molecule has 0 aromatic heterocycles. The van der Waals surface area contributed by atoms with Gasteiger partial charge in [-0.05, 0) is 36.2 Å². The van der Waals surface area contributed by atoms with E-state index in [1.807, 2.05) is 24.3 Å². The summed E-state index contributed by atoms with van der Waals surface area (Å²) < 4.78 is 18.4. The Morgan fingerprint density at radius 3 is 2.67 bits per heavy atom. The van der Waals surface area contributed by atoms with Gasteiger partial charge in [0.25, 0.3) is 5.91 Å². The molecule has 21 heavy (non-hydrogen) atoms. The first-order valence-electron chi connectivity index (χ1n) is 6.74. The summed E-state index contributed by atoms with van der Waals surface area (Å²) in [5.41, 5.74) is 1.40. The van der Waals surface area contributed by atoms with E-state index >= 15 is 0 Å². The molecule has 0 atom stereocenters. The zero-order valence-corrected chi connectivity index (χ0v) is 12.2. The number of carbonyl (C=O) groups excluding carboxylic acids is 1. The SMILES string of the molecule is COc1ccccc1CCN(C)C(=O)c1cccc(F)c1. The first-order chi connectivity index (χ1) is 10.1. The smallest absolute Gasteiger partial charge is 0.253 e. The number of methoxy groups -OCH3 is 1. The fourth-order valence-corrected chi connectivity index (χ4v) is 2.14. The molecular weight excluding hydrogens is 269 g/mol. The number of ether oxygens (including phenoxy) is 1. The number of carbonyl (C=O) groups is 1. The van der Waals surface area contributed by atoms with Crippen LogP contribution < -0.4 is 4.74 Å². The Kier molecular flexibility index (Phi) is 4.93. The number of rotatable bonds is 5. The fourth-order valence-electron chi connectivity index (χ4n) is 2.14. The largest absolute Gasteiger partial charge is 0.496 e. The number of para-hydroxylation sites is 1. The third-order valence-corrected chi connectivity index (χ3v) is 3.33. The van der Waals surface area contributed by atoms with Gasteiger partial charge in [0.05, 0.1) is 7.11 Å². The minimum Gasteiger partial charge on any atom is -0.496 e. The molecule has 0 heterocycles. The second kappa shape index (κ2) is 6.88. The van der Waals surface area contributed by atoms with Crippen LogP contribution in [0.3, 0.4) is 0 Å². The van der Waals surface area contributed by atoms with Crippen molar-refractivity contribution in [3.63, 3.8) is 0 Å². The van der Waals surface area contributed by atoms with Gasteiger partial charge in [-0.15, -0.1) is 0 Å². The third kappa shape index (κ3) is 3.81. The highest BCUT2D eigenvalue weighted by molar-refractivity contribution is 5.94. The Labute approximate surface area is 124 Å². The molecule has 110 valence electrons. The van der Waals surface area contributed by atoms with E-state index in [9.17, 15) is 9.18 Å². The van der Waals surface area contributed by atoms with Gasteiger partial charge in [0.15, 0.2) is 0 Å². The lowest BCUT2D eigenvalue weighted by Gasteiger charge is -2.18. The number of likely N-dealkylation sites (N-methyl/N-ethyl adjacent to an activating group) is 1. The molecule has 3 nitrogen and oxygen atoms in total. The van der Waals surface area contributed by atoms with Crippen LogP contribution in [0.2, 0.25) is 0 Å². The van der Waals surface area contributed by atoms with Gasteiger partial charge in [-0.25, -0.2) is 4.39 Å². The van der Waals surface area contributed by atoms with Crippen molar-refractivity contribution in [2.45, 2.75) is 6.42 Å². The number of halogens is 1. The van der Waals surface area contributed by atoms with Crippen LogP contribution in [0.5, 0.6) is 5.75 Å². The summed E-state index contributed by atoms with van der Waals surface area (Å²) in [4.78, 5) is 13.8. The summed E-state index contributed by atoms with van der Waals surface area (Å²) >= 11 is 0. The lowest BCUT2D eigenvalue weighted by atomic mass is 10.1. The van der Waals surface area contributed by atoms with Gasteiger partial charge in [-0.3, -0.25) is 4.79 Å². The van der Waals surface area contributed by atoms with E-state index in [-0.39, 0.29) is 5.91 Å². The average molecular weight is 287 g/mol. The standard InChI is InChI=1S/C17H18FNO2/c1-19(17(20)14-7-5-8-15(18)12-14)11-10-13-6-3-4-9-16(13)21-2/h3-9,12H,10-11H2,1-2H3. The van der Waals surface area contributed by atoms with Crippen LogP contribution in [0.4, 0.5) is 4.39 Å². The third-order valence-electron chi connectivity index (χ3n) is 3.33. The number of amides is 1. The van der Waals surface area contributed by atoms with Gasteiger partial charge in [0, 0.05) is 19.2 Å². The highest BCUT2D eigenvalue weighted by Gasteiger charge is 2.13. The van der Waals surface area contributed by atoms with Crippen molar-refractivity contribution in [2.24, 2.45) is 0 Å². The molecule has 0 unspecified atom stereocenters. The molecule has 0 saturated heterocycles. The lowest BCUT2D eigenvalue weighted by Crippen LogP contribution is -2.29. The lowest BCUT2D eigenvalue weighted by molar-refractivity contribution is 0.0796. The minimum atomic E-state index is -0.404. The molecular formula is C17H18FNO2. The summed E-state index contributed by atoms with van der Waals surface area (Å²) in [5.74, 6) is 0.215. The molecule has 2 aromatic rings. The maximum absolute atomic E-state index is 13.2. The van der Waals surface area contributed by atoms with Crippen LogP contribution in [-0.2, 0) is 6.42 Å². The van der Waals surface area contributed by atoms with Gasteiger partial charge in [0.1, 0.15) is 11.6 Å². The van der Waals surface area contributed by atoms with Gasteiger partial charge in [-0.1, -0.05) is 24.3 Å². The zero-order chi connectivity index (χ0) is 15.2. The molecule has 0 radical (unpaired) electrons. The monoisotopic (exact) mass is 287 g/mol. The van der Waals surface area contributed by atoms with E-state index in [0.29, 0.717) is 18.5 Å². The number of nitrogens with zero attached hydrogens (tertiary/aromatic N) is 1. The first kappa shape index (κ1) is 15.0. The van der Waals surface area contributed by atoms with Gasteiger partial charge in [-0.2, -0.15) is 0 Å². The Hall–Kier alpha value is -2.36. The average Bonchev–Trinajstić information content (AvgIpc) is 2.52. The molecule has 4 heteroatoms.